The van der Waals surface area contributed by atoms with E-state index in [1.807, 2.05) is 54.6 Å². The molecule has 3 aromatic carbocycles. The largest absolute Gasteiger partial charge is 0.452 e. The first-order valence-corrected chi connectivity index (χ1v) is 12.1. The molecule has 0 saturated carbocycles. The summed E-state index contributed by atoms with van der Waals surface area (Å²) in [5, 5.41) is 3.45. The standard InChI is InChI=1S/C30H23N3O4/c34-26-17-33(25-13-7-6-12-24(25)31-26)27(35)18-37-30(36)28-21-10-4-5-11-23(21)32-29-20(14-15-22(28)29)16-19-8-2-1-3-9-19/h1-13,16H,14-15,17-18H2,(H,31,34). The molecule has 1 aliphatic carbocycles. The van der Waals surface area contributed by atoms with Crippen molar-refractivity contribution in [3.05, 3.63) is 101 Å². The molecular weight excluding hydrogens is 466 g/mol. The van der Waals surface area contributed by atoms with Crippen molar-refractivity contribution in [2.45, 2.75) is 12.8 Å². The van der Waals surface area contributed by atoms with Crippen LogP contribution >= 0.6 is 0 Å². The Morgan fingerprint density at radius 1 is 0.946 bits per heavy atom. The Morgan fingerprint density at radius 3 is 2.57 bits per heavy atom. The Labute approximate surface area is 213 Å². The summed E-state index contributed by atoms with van der Waals surface area (Å²) in [5.74, 6) is -1.33. The smallest absolute Gasteiger partial charge is 0.339 e. The number of hydrogen-bond donors (Lipinski definition) is 1. The van der Waals surface area contributed by atoms with Crippen molar-refractivity contribution in [2.75, 3.05) is 23.4 Å². The quantitative estimate of drug-likeness (QED) is 0.414. The predicted octanol–water partition coefficient (Wildman–Crippen LogP) is 4.86. The van der Waals surface area contributed by atoms with Crippen LogP contribution in [0.3, 0.4) is 0 Å². The van der Waals surface area contributed by atoms with Gasteiger partial charge in [0.25, 0.3) is 5.91 Å². The first-order valence-electron chi connectivity index (χ1n) is 12.1. The molecule has 0 unspecified atom stereocenters. The van der Waals surface area contributed by atoms with E-state index in [2.05, 4.69) is 11.4 Å². The van der Waals surface area contributed by atoms with Crippen molar-refractivity contribution in [2.24, 2.45) is 0 Å². The van der Waals surface area contributed by atoms with E-state index in [0.717, 1.165) is 28.8 Å². The minimum absolute atomic E-state index is 0.130. The van der Waals surface area contributed by atoms with E-state index in [1.54, 1.807) is 24.3 Å². The second-order valence-corrected chi connectivity index (χ2v) is 9.03. The number of hydrogen-bond acceptors (Lipinski definition) is 5. The number of carbonyl (C=O) groups excluding carboxylic acids is 3. The number of esters is 1. The van der Waals surface area contributed by atoms with E-state index in [-0.39, 0.29) is 12.5 Å². The summed E-state index contributed by atoms with van der Waals surface area (Å²) in [6.45, 7) is -0.604. The van der Waals surface area contributed by atoms with Gasteiger partial charge in [0.15, 0.2) is 6.61 Å². The molecule has 0 radical (unpaired) electrons. The first-order chi connectivity index (χ1) is 18.1. The maximum atomic E-state index is 13.5. The fourth-order valence-electron chi connectivity index (χ4n) is 5.00. The number of fused-ring (bicyclic) bond motifs is 3. The van der Waals surface area contributed by atoms with Crippen LogP contribution < -0.4 is 10.2 Å². The van der Waals surface area contributed by atoms with Crippen LogP contribution in [0, 0.1) is 0 Å². The molecule has 1 aliphatic heterocycles. The molecule has 37 heavy (non-hydrogen) atoms. The lowest BCUT2D eigenvalue weighted by molar-refractivity contribution is -0.124. The lowest BCUT2D eigenvalue weighted by Crippen LogP contribution is -2.44. The second kappa shape index (κ2) is 9.35. The molecule has 2 aliphatic rings. The van der Waals surface area contributed by atoms with Gasteiger partial charge in [0.1, 0.15) is 6.54 Å². The van der Waals surface area contributed by atoms with Crippen molar-refractivity contribution in [1.29, 1.82) is 0 Å². The van der Waals surface area contributed by atoms with Gasteiger partial charge in [0.2, 0.25) is 5.91 Å². The van der Waals surface area contributed by atoms with Gasteiger partial charge in [-0.2, -0.15) is 0 Å². The molecule has 4 aromatic rings. The highest BCUT2D eigenvalue weighted by molar-refractivity contribution is 6.11. The van der Waals surface area contributed by atoms with Crippen molar-refractivity contribution in [3.63, 3.8) is 0 Å². The van der Waals surface area contributed by atoms with Gasteiger partial charge in [-0.3, -0.25) is 14.5 Å². The van der Waals surface area contributed by atoms with Crippen molar-refractivity contribution in [1.82, 2.24) is 4.98 Å². The zero-order chi connectivity index (χ0) is 25.4. The molecule has 0 fully saturated rings. The van der Waals surface area contributed by atoms with Gasteiger partial charge in [-0.1, -0.05) is 60.7 Å². The third-order valence-electron chi connectivity index (χ3n) is 6.68. The summed E-state index contributed by atoms with van der Waals surface area (Å²) in [6.07, 6.45) is 3.52. The fraction of sp³-hybridized carbons (Fsp3) is 0.133. The summed E-state index contributed by atoms with van der Waals surface area (Å²) in [4.78, 5) is 44.8. The summed E-state index contributed by atoms with van der Waals surface area (Å²) in [5.41, 5.74) is 6.03. The van der Waals surface area contributed by atoms with E-state index >= 15 is 0 Å². The lowest BCUT2D eigenvalue weighted by atomic mass is 10.0. The van der Waals surface area contributed by atoms with Gasteiger partial charge in [-0.05, 0) is 53.8 Å². The Kier molecular flexibility index (Phi) is 5.73. The molecule has 6 rings (SSSR count). The SMILES string of the molecule is O=C1CN(C(=O)COC(=O)c2c3c(nc4ccccc24)C(=Cc2ccccc2)CC3)c2ccccc2N1. The molecule has 2 heterocycles. The summed E-state index contributed by atoms with van der Waals surface area (Å²) in [6, 6.07) is 24.5. The van der Waals surface area contributed by atoms with Crippen molar-refractivity contribution < 1.29 is 19.1 Å². The van der Waals surface area contributed by atoms with Gasteiger partial charge in [0, 0.05) is 5.39 Å². The number of pyridine rings is 1. The van der Waals surface area contributed by atoms with Crippen LogP contribution in [-0.4, -0.2) is 35.9 Å². The average Bonchev–Trinajstić information content (AvgIpc) is 3.32. The van der Waals surface area contributed by atoms with E-state index in [4.69, 9.17) is 9.72 Å². The van der Waals surface area contributed by atoms with E-state index in [1.165, 1.54) is 4.90 Å². The van der Waals surface area contributed by atoms with Crippen LogP contribution in [0.15, 0.2) is 78.9 Å². The zero-order valence-electron chi connectivity index (χ0n) is 19.9. The van der Waals surface area contributed by atoms with Gasteiger partial charge < -0.3 is 10.1 Å². The first kappa shape index (κ1) is 22.7. The lowest BCUT2D eigenvalue weighted by Gasteiger charge is -2.28. The van der Waals surface area contributed by atoms with E-state index < -0.39 is 18.5 Å². The third kappa shape index (κ3) is 4.25. The number of benzene rings is 3. The minimum atomic E-state index is -0.570. The Balaban J connectivity index is 1.31. The maximum Gasteiger partial charge on any atom is 0.339 e. The number of aromatic nitrogens is 1. The van der Waals surface area contributed by atoms with Gasteiger partial charge >= 0.3 is 5.97 Å². The van der Waals surface area contributed by atoms with Crippen molar-refractivity contribution >= 4 is 51.7 Å². The number of carbonyl (C=O) groups is 3. The molecule has 0 saturated heterocycles. The number of allylic oxidation sites excluding steroid dienone is 1. The number of para-hydroxylation sites is 3. The highest BCUT2D eigenvalue weighted by atomic mass is 16.5. The number of anilines is 2. The van der Waals surface area contributed by atoms with Crippen LogP contribution in [0.4, 0.5) is 11.4 Å². The van der Waals surface area contributed by atoms with E-state index in [9.17, 15) is 14.4 Å². The molecule has 7 heteroatoms. The molecule has 182 valence electrons. The minimum Gasteiger partial charge on any atom is -0.452 e. The van der Waals surface area contributed by atoms with Crippen LogP contribution in [-0.2, 0) is 20.7 Å². The topological polar surface area (TPSA) is 88.6 Å². The molecule has 0 bridgehead atoms. The number of nitrogens with one attached hydrogen (secondary N) is 1. The van der Waals surface area contributed by atoms with Gasteiger partial charge in [-0.15, -0.1) is 0 Å². The summed E-state index contributed by atoms with van der Waals surface area (Å²) in [7, 11) is 0. The van der Waals surface area contributed by atoms with Crippen LogP contribution in [0.1, 0.15) is 33.6 Å². The Morgan fingerprint density at radius 2 is 1.70 bits per heavy atom. The zero-order valence-corrected chi connectivity index (χ0v) is 19.9. The van der Waals surface area contributed by atoms with Crippen LogP contribution in [0.2, 0.25) is 0 Å². The normalized spacial score (nSPS) is 15.3. The molecular formula is C30H23N3O4. The molecule has 0 atom stereocenters. The Bertz CT molecular complexity index is 1590. The molecule has 7 nitrogen and oxygen atoms in total. The highest BCUT2D eigenvalue weighted by Crippen LogP contribution is 2.38. The number of ether oxygens (including phenoxy) is 1. The molecule has 1 aromatic heterocycles. The van der Waals surface area contributed by atoms with Gasteiger partial charge in [0.05, 0.1) is 28.1 Å². The summed E-state index contributed by atoms with van der Waals surface area (Å²) >= 11 is 0. The van der Waals surface area contributed by atoms with E-state index in [0.29, 0.717) is 34.3 Å². The third-order valence-corrected chi connectivity index (χ3v) is 6.68. The number of rotatable bonds is 4. The number of nitrogens with zero attached hydrogens (tertiary/aromatic N) is 2. The number of amides is 2. The maximum absolute atomic E-state index is 13.5. The molecule has 0 spiro atoms. The van der Waals surface area contributed by atoms with Gasteiger partial charge in [-0.25, -0.2) is 9.78 Å². The van der Waals surface area contributed by atoms with Crippen LogP contribution in [0.25, 0.3) is 22.6 Å². The predicted molar refractivity (Wildman–Crippen MR) is 142 cm³/mol. The molecule has 2 amide bonds. The second-order valence-electron chi connectivity index (χ2n) is 9.03. The summed E-state index contributed by atoms with van der Waals surface area (Å²) < 4.78 is 5.57. The average molecular weight is 490 g/mol. The van der Waals surface area contributed by atoms with Crippen LogP contribution in [0.5, 0.6) is 0 Å². The molecule has 1 N–H and O–H groups in total. The fourth-order valence-corrected chi connectivity index (χ4v) is 5.00. The monoisotopic (exact) mass is 489 g/mol. The highest BCUT2D eigenvalue weighted by Gasteiger charge is 2.30. The Hall–Kier alpha value is -4.78. The van der Waals surface area contributed by atoms with Crippen molar-refractivity contribution in [3.8, 4) is 0 Å².